The molecule has 0 aliphatic rings. The van der Waals surface area contributed by atoms with Crippen molar-refractivity contribution in [2.75, 3.05) is 0 Å². The monoisotopic (exact) mass is 294 g/mol. The summed E-state index contributed by atoms with van der Waals surface area (Å²) in [6, 6.07) is 3.48. The Morgan fingerprint density at radius 2 is 1.95 bits per heavy atom. The largest absolute Gasteiger partial charge is 0.348 e. The maximum Gasteiger partial charge on any atom is 0.348 e. The van der Waals surface area contributed by atoms with Crippen LogP contribution in [-0.4, -0.2) is 19.4 Å². The molecule has 1 aromatic carbocycles. The van der Waals surface area contributed by atoms with Gasteiger partial charge < -0.3 is 0 Å². The lowest BCUT2D eigenvalue weighted by Crippen LogP contribution is -2.23. The fourth-order valence-electron chi connectivity index (χ4n) is 1.66. The molecule has 108 valence electrons. The summed E-state index contributed by atoms with van der Waals surface area (Å²) in [5.74, 6) is -1.10. The third-order valence-corrected chi connectivity index (χ3v) is 2.65. The van der Waals surface area contributed by atoms with Crippen molar-refractivity contribution in [1.82, 2.24) is 9.55 Å². The molecule has 2 rings (SSSR count). The zero-order chi connectivity index (χ0) is 15.6. The lowest BCUT2D eigenvalue weighted by Gasteiger charge is -2.06. The molecule has 0 radical (unpaired) electrons. The van der Waals surface area contributed by atoms with Crippen molar-refractivity contribution in [3.8, 4) is 0 Å². The normalized spacial score (nSPS) is 10.3. The average Bonchev–Trinajstić information content (AvgIpc) is 2.42. The minimum atomic E-state index is -1.10. The van der Waals surface area contributed by atoms with Gasteiger partial charge in [-0.15, -0.1) is 0 Å². The highest BCUT2D eigenvalue weighted by molar-refractivity contribution is 5.37. The zero-order valence-electron chi connectivity index (χ0n) is 10.3. The standard InChI is InChI=1S/C11H7FN4O5/c12-10-7(2-1-3-9(10)16(20)21)5-14-6-8(15(18)19)4-13-11(14)17/h1-4,6H,5H2. The molecule has 0 unspecified atom stereocenters. The van der Waals surface area contributed by atoms with Crippen molar-refractivity contribution >= 4 is 11.4 Å². The van der Waals surface area contributed by atoms with E-state index in [-0.39, 0.29) is 5.56 Å². The highest BCUT2D eigenvalue weighted by Gasteiger charge is 2.18. The van der Waals surface area contributed by atoms with Crippen LogP contribution in [0.25, 0.3) is 0 Å². The number of aromatic nitrogens is 2. The van der Waals surface area contributed by atoms with E-state index in [0.29, 0.717) is 0 Å². The molecule has 0 fully saturated rings. The van der Waals surface area contributed by atoms with E-state index in [1.807, 2.05) is 0 Å². The predicted octanol–water partition coefficient (Wildman–Crippen LogP) is 1.25. The SMILES string of the molecule is O=c1ncc([N+](=O)[O-])cn1Cc1cccc([N+](=O)[O-])c1F. The van der Waals surface area contributed by atoms with Crippen LogP contribution in [0.5, 0.6) is 0 Å². The van der Waals surface area contributed by atoms with Crippen LogP contribution >= 0.6 is 0 Å². The van der Waals surface area contributed by atoms with Crippen LogP contribution in [0.2, 0.25) is 0 Å². The van der Waals surface area contributed by atoms with Crippen LogP contribution in [0.1, 0.15) is 5.56 Å². The van der Waals surface area contributed by atoms with Gasteiger partial charge in [0.05, 0.1) is 22.6 Å². The molecule has 0 atom stereocenters. The van der Waals surface area contributed by atoms with Crippen molar-refractivity contribution in [3.05, 3.63) is 72.7 Å². The van der Waals surface area contributed by atoms with Gasteiger partial charge in [-0.05, 0) is 0 Å². The second-order valence-electron chi connectivity index (χ2n) is 3.99. The van der Waals surface area contributed by atoms with Gasteiger partial charge in [0, 0.05) is 11.6 Å². The molecule has 0 spiro atoms. The van der Waals surface area contributed by atoms with E-state index < -0.39 is 39.3 Å². The molecule has 1 heterocycles. The summed E-state index contributed by atoms with van der Waals surface area (Å²) in [5, 5.41) is 21.2. The minimum Gasteiger partial charge on any atom is -0.288 e. The van der Waals surface area contributed by atoms with Gasteiger partial charge in [0.15, 0.2) is 0 Å². The first-order valence-electron chi connectivity index (χ1n) is 5.53. The van der Waals surface area contributed by atoms with E-state index in [1.165, 1.54) is 12.1 Å². The molecular formula is C11H7FN4O5. The molecule has 0 aliphatic heterocycles. The van der Waals surface area contributed by atoms with Crippen LogP contribution in [0.3, 0.4) is 0 Å². The number of nitro groups is 2. The molecule has 21 heavy (non-hydrogen) atoms. The lowest BCUT2D eigenvalue weighted by atomic mass is 10.2. The molecule has 9 nitrogen and oxygen atoms in total. The Morgan fingerprint density at radius 3 is 2.57 bits per heavy atom. The smallest absolute Gasteiger partial charge is 0.288 e. The molecule has 0 saturated carbocycles. The van der Waals surface area contributed by atoms with Gasteiger partial charge in [-0.3, -0.25) is 24.8 Å². The fraction of sp³-hybridized carbons (Fsp3) is 0.0909. The second kappa shape index (κ2) is 5.45. The second-order valence-corrected chi connectivity index (χ2v) is 3.99. The third-order valence-electron chi connectivity index (χ3n) is 2.65. The van der Waals surface area contributed by atoms with Crippen LogP contribution < -0.4 is 5.69 Å². The van der Waals surface area contributed by atoms with Gasteiger partial charge >= 0.3 is 17.1 Å². The Labute approximate surface area is 115 Å². The quantitative estimate of drug-likeness (QED) is 0.617. The Balaban J connectivity index is 2.46. The number of nitrogens with zero attached hydrogens (tertiary/aromatic N) is 4. The Bertz CT molecular complexity index is 788. The third kappa shape index (κ3) is 2.88. The van der Waals surface area contributed by atoms with Gasteiger partial charge in [-0.25, -0.2) is 4.79 Å². The van der Waals surface area contributed by atoms with Crippen LogP contribution in [0, 0.1) is 26.0 Å². The molecule has 2 aromatic rings. The summed E-state index contributed by atoms with van der Waals surface area (Å²) < 4.78 is 14.7. The maximum atomic E-state index is 13.9. The van der Waals surface area contributed by atoms with Crippen molar-refractivity contribution < 1.29 is 14.2 Å². The molecule has 0 N–H and O–H groups in total. The number of hydrogen-bond donors (Lipinski definition) is 0. The highest BCUT2D eigenvalue weighted by atomic mass is 19.1. The number of nitro benzene ring substituents is 1. The number of hydrogen-bond acceptors (Lipinski definition) is 6. The van der Waals surface area contributed by atoms with E-state index in [4.69, 9.17) is 0 Å². The summed E-state index contributed by atoms with van der Waals surface area (Å²) >= 11 is 0. The first-order valence-corrected chi connectivity index (χ1v) is 5.53. The Hall–Kier alpha value is -3.17. The minimum absolute atomic E-state index is 0.145. The first-order chi connectivity index (χ1) is 9.90. The van der Waals surface area contributed by atoms with Gasteiger partial charge in [0.25, 0.3) is 0 Å². The fourth-order valence-corrected chi connectivity index (χ4v) is 1.66. The molecule has 1 aromatic heterocycles. The highest BCUT2D eigenvalue weighted by Crippen LogP contribution is 2.20. The van der Waals surface area contributed by atoms with Gasteiger partial charge in [-0.1, -0.05) is 12.1 Å². The molecule has 0 saturated heterocycles. The van der Waals surface area contributed by atoms with E-state index in [1.54, 1.807) is 0 Å². The average molecular weight is 294 g/mol. The summed E-state index contributed by atoms with van der Waals surface area (Å²) in [5.41, 5.74) is -2.15. The Kier molecular flexibility index (Phi) is 3.69. The lowest BCUT2D eigenvalue weighted by molar-refractivity contribution is -0.387. The topological polar surface area (TPSA) is 121 Å². The maximum absolute atomic E-state index is 13.9. The summed E-state index contributed by atoms with van der Waals surface area (Å²) in [7, 11) is 0. The van der Waals surface area contributed by atoms with Crippen molar-refractivity contribution in [2.24, 2.45) is 0 Å². The van der Waals surface area contributed by atoms with E-state index in [9.17, 15) is 29.4 Å². The van der Waals surface area contributed by atoms with E-state index in [2.05, 4.69) is 4.98 Å². The van der Waals surface area contributed by atoms with E-state index in [0.717, 1.165) is 23.0 Å². The molecule has 0 aliphatic carbocycles. The Morgan fingerprint density at radius 1 is 1.24 bits per heavy atom. The van der Waals surface area contributed by atoms with Crippen LogP contribution in [0.15, 0.2) is 35.4 Å². The van der Waals surface area contributed by atoms with Gasteiger partial charge in [0.2, 0.25) is 5.82 Å². The van der Waals surface area contributed by atoms with Gasteiger partial charge in [0.1, 0.15) is 6.20 Å². The number of benzene rings is 1. The summed E-state index contributed by atoms with van der Waals surface area (Å²) in [4.78, 5) is 34.4. The molecule has 0 amide bonds. The summed E-state index contributed by atoms with van der Waals surface area (Å²) in [6.07, 6.45) is 1.68. The molecule has 10 heteroatoms. The number of halogens is 1. The van der Waals surface area contributed by atoms with Crippen molar-refractivity contribution in [2.45, 2.75) is 6.54 Å². The predicted molar refractivity (Wildman–Crippen MR) is 67.3 cm³/mol. The van der Waals surface area contributed by atoms with Crippen molar-refractivity contribution in [1.29, 1.82) is 0 Å². The summed E-state index contributed by atoms with van der Waals surface area (Å²) in [6.45, 7) is -0.402. The van der Waals surface area contributed by atoms with Crippen LogP contribution in [-0.2, 0) is 6.54 Å². The zero-order valence-corrected chi connectivity index (χ0v) is 10.3. The molecule has 0 bridgehead atoms. The number of rotatable bonds is 4. The van der Waals surface area contributed by atoms with E-state index >= 15 is 0 Å². The van der Waals surface area contributed by atoms with Crippen LogP contribution in [0.4, 0.5) is 15.8 Å². The molecular weight excluding hydrogens is 287 g/mol. The van der Waals surface area contributed by atoms with Crippen molar-refractivity contribution in [3.63, 3.8) is 0 Å². The van der Waals surface area contributed by atoms with Gasteiger partial charge in [-0.2, -0.15) is 9.37 Å². The first kappa shape index (κ1) is 14.2.